The molecule has 0 radical (unpaired) electrons. The lowest BCUT2D eigenvalue weighted by atomic mass is 9.95. The number of aryl methyl sites for hydroxylation is 1. The van der Waals surface area contributed by atoms with Crippen LogP contribution in [0.3, 0.4) is 0 Å². The Morgan fingerprint density at radius 2 is 2.04 bits per heavy atom. The molecular weight excluding hydrogens is 308 g/mol. The zero-order chi connectivity index (χ0) is 15.8. The Kier molecular flexibility index (Phi) is 3.99. The fourth-order valence-electron chi connectivity index (χ4n) is 3.58. The zero-order valence-corrected chi connectivity index (χ0v) is 14.3. The van der Waals surface area contributed by atoms with Gasteiger partial charge in [-0.2, -0.15) is 0 Å². The molecule has 2 aromatic rings. The lowest BCUT2D eigenvalue weighted by molar-refractivity contribution is -0.0124. The SMILES string of the molecule is CC1CN(C(=O)c2c(-n3cccc3)sc3c2CCCC3)CCO1. The summed E-state index contributed by atoms with van der Waals surface area (Å²) in [6.07, 6.45) is 8.77. The van der Waals surface area contributed by atoms with E-state index in [0.717, 1.165) is 23.4 Å². The molecule has 2 aliphatic rings. The number of hydrogen-bond acceptors (Lipinski definition) is 3. The molecule has 1 aliphatic carbocycles. The van der Waals surface area contributed by atoms with Gasteiger partial charge in [-0.1, -0.05) is 0 Å². The summed E-state index contributed by atoms with van der Waals surface area (Å²) in [5, 5.41) is 1.09. The van der Waals surface area contributed by atoms with E-state index in [1.807, 2.05) is 36.4 Å². The average molecular weight is 330 g/mol. The lowest BCUT2D eigenvalue weighted by Crippen LogP contribution is -2.44. The summed E-state index contributed by atoms with van der Waals surface area (Å²) in [6, 6.07) is 4.04. The molecule has 0 saturated carbocycles. The predicted molar refractivity (Wildman–Crippen MR) is 91.6 cm³/mol. The molecule has 23 heavy (non-hydrogen) atoms. The van der Waals surface area contributed by atoms with E-state index in [9.17, 15) is 4.79 Å². The second kappa shape index (κ2) is 6.13. The van der Waals surface area contributed by atoms with Crippen LogP contribution in [0.4, 0.5) is 0 Å². The maximum atomic E-state index is 13.3. The Morgan fingerprint density at radius 3 is 2.83 bits per heavy atom. The molecule has 122 valence electrons. The van der Waals surface area contributed by atoms with Crippen LogP contribution in [0.1, 0.15) is 40.6 Å². The van der Waals surface area contributed by atoms with Crippen LogP contribution in [0.15, 0.2) is 24.5 Å². The van der Waals surface area contributed by atoms with Crippen LogP contribution in [0, 0.1) is 0 Å². The molecule has 1 unspecified atom stereocenters. The van der Waals surface area contributed by atoms with Gasteiger partial charge in [-0.25, -0.2) is 0 Å². The highest BCUT2D eigenvalue weighted by atomic mass is 32.1. The fourth-order valence-corrected chi connectivity index (χ4v) is 4.93. The minimum atomic E-state index is 0.122. The number of amides is 1. The molecule has 5 heteroatoms. The van der Waals surface area contributed by atoms with E-state index < -0.39 is 0 Å². The molecule has 0 spiro atoms. The van der Waals surface area contributed by atoms with E-state index in [2.05, 4.69) is 4.57 Å². The van der Waals surface area contributed by atoms with Gasteiger partial charge in [-0.15, -0.1) is 11.3 Å². The monoisotopic (exact) mass is 330 g/mol. The first-order valence-electron chi connectivity index (χ1n) is 8.43. The topological polar surface area (TPSA) is 34.5 Å². The smallest absolute Gasteiger partial charge is 0.257 e. The number of morpholine rings is 1. The van der Waals surface area contributed by atoms with Crippen molar-refractivity contribution >= 4 is 17.2 Å². The van der Waals surface area contributed by atoms with Gasteiger partial charge in [0.05, 0.1) is 18.3 Å². The molecule has 1 aliphatic heterocycles. The summed E-state index contributed by atoms with van der Waals surface area (Å²) < 4.78 is 7.69. The predicted octanol–water partition coefficient (Wildman–Crippen LogP) is 3.28. The number of ether oxygens (including phenoxy) is 1. The van der Waals surface area contributed by atoms with Crippen LogP contribution in [-0.4, -0.2) is 41.2 Å². The highest BCUT2D eigenvalue weighted by Gasteiger charge is 2.30. The van der Waals surface area contributed by atoms with Crippen molar-refractivity contribution in [2.75, 3.05) is 19.7 Å². The number of carbonyl (C=O) groups is 1. The number of carbonyl (C=O) groups excluding carboxylic acids is 1. The molecule has 1 atom stereocenters. The number of hydrogen-bond donors (Lipinski definition) is 0. The summed E-state index contributed by atoms with van der Waals surface area (Å²) in [6.45, 7) is 4.06. The first-order valence-corrected chi connectivity index (χ1v) is 9.24. The van der Waals surface area contributed by atoms with Gasteiger partial charge in [0, 0.05) is 30.4 Å². The quantitative estimate of drug-likeness (QED) is 0.847. The van der Waals surface area contributed by atoms with Gasteiger partial charge in [0.2, 0.25) is 0 Å². The molecule has 4 nitrogen and oxygen atoms in total. The van der Waals surface area contributed by atoms with Crippen LogP contribution in [0.5, 0.6) is 0 Å². The summed E-state index contributed by atoms with van der Waals surface area (Å²) in [5.74, 6) is 0.184. The Morgan fingerprint density at radius 1 is 1.26 bits per heavy atom. The number of aromatic nitrogens is 1. The highest BCUT2D eigenvalue weighted by Crippen LogP contribution is 2.37. The van der Waals surface area contributed by atoms with Crippen molar-refractivity contribution in [2.45, 2.75) is 38.7 Å². The standard InChI is InChI=1S/C18H22N2O2S/c1-13-12-20(10-11-22-13)17(21)16-14-6-2-3-7-15(14)23-18(16)19-8-4-5-9-19/h4-5,8-9,13H,2-3,6-7,10-12H2,1H3. The molecule has 0 aromatic carbocycles. The van der Waals surface area contributed by atoms with Gasteiger partial charge >= 0.3 is 0 Å². The van der Waals surface area contributed by atoms with Gasteiger partial charge in [0.25, 0.3) is 5.91 Å². The second-order valence-electron chi connectivity index (χ2n) is 6.41. The highest BCUT2D eigenvalue weighted by molar-refractivity contribution is 7.15. The minimum Gasteiger partial charge on any atom is -0.375 e. The number of rotatable bonds is 2. The van der Waals surface area contributed by atoms with Crippen molar-refractivity contribution in [1.82, 2.24) is 9.47 Å². The molecule has 3 heterocycles. The van der Waals surface area contributed by atoms with Gasteiger partial charge in [-0.3, -0.25) is 4.79 Å². The van der Waals surface area contributed by atoms with E-state index in [0.29, 0.717) is 19.7 Å². The van der Waals surface area contributed by atoms with Crippen molar-refractivity contribution < 1.29 is 9.53 Å². The normalized spacial score (nSPS) is 21.3. The van der Waals surface area contributed by atoms with Gasteiger partial charge in [0.15, 0.2) is 0 Å². The molecule has 1 amide bonds. The van der Waals surface area contributed by atoms with Crippen molar-refractivity contribution in [3.05, 3.63) is 40.5 Å². The van der Waals surface area contributed by atoms with Gasteiger partial charge in [-0.05, 0) is 50.3 Å². The Hall–Kier alpha value is -1.59. The zero-order valence-electron chi connectivity index (χ0n) is 13.5. The van der Waals surface area contributed by atoms with E-state index in [1.165, 1.54) is 23.3 Å². The minimum absolute atomic E-state index is 0.122. The third-order valence-electron chi connectivity index (χ3n) is 4.73. The largest absolute Gasteiger partial charge is 0.375 e. The van der Waals surface area contributed by atoms with Crippen molar-refractivity contribution in [3.8, 4) is 5.00 Å². The molecule has 2 aromatic heterocycles. The summed E-state index contributed by atoms with van der Waals surface area (Å²) in [4.78, 5) is 16.6. The average Bonchev–Trinajstić information content (AvgIpc) is 3.21. The van der Waals surface area contributed by atoms with Crippen molar-refractivity contribution in [1.29, 1.82) is 0 Å². The Labute approximate surface area is 140 Å². The number of thiophene rings is 1. The van der Waals surface area contributed by atoms with E-state index >= 15 is 0 Å². The third-order valence-corrected chi connectivity index (χ3v) is 6.04. The molecule has 1 fully saturated rings. The second-order valence-corrected chi connectivity index (χ2v) is 7.50. The molecule has 0 bridgehead atoms. The van der Waals surface area contributed by atoms with Gasteiger partial charge < -0.3 is 14.2 Å². The lowest BCUT2D eigenvalue weighted by Gasteiger charge is -2.31. The fraction of sp³-hybridized carbons (Fsp3) is 0.500. The molecule has 1 saturated heterocycles. The molecule has 4 rings (SSSR count). The van der Waals surface area contributed by atoms with Crippen LogP contribution >= 0.6 is 11.3 Å². The van der Waals surface area contributed by atoms with Crippen LogP contribution in [-0.2, 0) is 17.6 Å². The summed E-state index contributed by atoms with van der Waals surface area (Å²) >= 11 is 1.80. The van der Waals surface area contributed by atoms with Gasteiger partial charge in [0.1, 0.15) is 5.00 Å². The molecule has 0 N–H and O–H groups in total. The Balaban J connectivity index is 1.76. The summed E-state index contributed by atoms with van der Waals surface area (Å²) in [7, 11) is 0. The van der Waals surface area contributed by atoms with E-state index in [1.54, 1.807) is 11.3 Å². The third kappa shape index (κ3) is 2.72. The van der Waals surface area contributed by atoms with E-state index in [4.69, 9.17) is 4.74 Å². The van der Waals surface area contributed by atoms with Crippen LogP contribution < -0.4 is 0 Å². The van der Waals surface area contributed by atoms with E-state index in [-0.39, 0.29) is 12.0 Å². The maximum absolute atomic E-state index is 13.3. The van der Waals surface area contributed by atoms with Crippen LogP contribution in [0.25, 0.3) is 5.00 Å². The maximum Gasteiger partial charge on any atom is 0.257 e. The molecular formula is C18H22N2O2S. The number of nitrogens with zero attached hydrogens (tertiary/aromatic N) is 2. The van der Waals surface area contributed by atoms with Crippen molar-refractivity contribution in [3.63, 3.8) is 0 Å². The van der Waals surface area contributed by atoms with Crippen LogP contribution in [0.2, 0.25) is 0 Å². The van der Waals surface area contributed by atoms with Crippen molar-refractivity contribution in [2.24, 2.45) is 0 Å². The first kappa shape index (κ1) is 15.0. The summed E-state index contributed by atoms with van der Waals surface area (Å²) in [5.41, 5.74) is 2.24. The Bertz CT molecular complexity index is 705. The first-order chi connectivity index (χ1) is 11.2. The number of fused-ring (bicyclic) bond motifs is 1.